The van der Waals surface area contributed by atoms with Crippen molar-refractivity contribution in [1.82, 2.24) is 0 Å². The van der Waals surface area contributed by atoms with Gasteiger partial charge >= 0.3 is 0 Å². The Morgan fingerprint density at radius 3 is 2.62 bits per heavy atom. The van der Waals surface area contributed by atoms with E-state index in [1.165, 1.54) is 12.8 Å². The highest BCUT2D eigenvalue weighted by atomic mass is 16.5. The molecule has 1 radical (unpaired) electrons. The van der Waals surface area contributed by atoms with E-state index in [2.05, 4.69) is 13.8 Å². The first-order valence-corrected chi connectivity index (χ1v) is 3.14. The van der Waals surface area contributed by atoms with Crippen LogP contribution in [0.2, 0.25) is 0 Å². The van der Waals surface area contributed by atoms with Gasteiger partial charge in [0.15, 0.2) is 0 Å². The fourth-order valence-electron chi connectivity index (χ4n) is 0.992. The Kier molecular flexibility index (Phi) is 1.57. The molecule has 0 aromatic rings. The van der Waals surface area contributed by atoms with E-state index in [0.717, 1.165) is 13.2 Å². The first-order valence-electron chi connectivity index (χ1n) is 3.14. The van der Waals surface area contributed by atoms with Crippen molar-refractivity contribution in [3.63, 3.8) is 0 Å². The molecule has 1 rings (SSSR count). The largest absolute Gasteiger partial charge is 0.381 e. The summed E-state index contributed by atoms with van der Waals surface area (Å²) in [5.74, 6) is 0. The fourth-order valence-corrected chi connectivity index (χ4v) is 0.992. The summed E-state index contributed by atoms with van der Waals surface area (Å²) in [5, 5.41) is 0. The molecule has 1 atom stereocenters. The van der Waals surface area contributed by atoms with Gasteiger partial charge in [0.1, 0.15) is 0 Å². The zero-order chi connectivity index (χ0) is 6.04. The summed E-state index contributed by atoms with van der Waals surface area (Å²) in [6.45, 7) is 7.93. The summed E-state index contributed by atoms with van der Waals surface area (Å²) in [7, 11) is 0. The molecule has 0 saturated carbocycles. The Hall–Kier alpha value is -0.0400. The molecule has 0 N–H and O–H groups in total. The standard InChI is InChI=1S/C7H13O/c1-7(2)4-3-5-8-6-7/h1,3-6H2,2H3. The summed E-state index contributed by atoms with van der Waals surface area (Å²) in [6.07, 6.45) is 2.40. The van der Waals surface area contributed by atoms with Crippen LogP contribution in [0.1, 0.15) is 19.8 Å². The maximum Gasteiger partial charge on any atom is 0.0519 e. The lowest BCUT2D eigenvalue weighted by Gasteiger charge is -2.28. The van der Waals surface area contributed by atoms with Gasteiger partial charge in [0.05, 0.1) is 6.61 Å². The van der Waals surface area contributed by atoms with Gasteiger partial charge in [-0.1, -0.05) is 6.92 Å². The molecule has 1 aliphatic rings. The van der Waals surface area contributed by atoms with Crippen LogP contribution < -0.4 is 0 Å². The molecule has 0 aromatic heterocycles. The van der Waals surface area contributed by atoms with Gasteiger partial charge in [-0.2, -0.15) is 0 Å². The first-order chi connectivity index (χ1) is 3.71. The van der Waals surface area contributed by atoms with E-state index in [1.807, 2.05) is 0 Å². The average molecular weight is 113 g/mol. The van der Waals surface area contributed by atoms with Gasteiger partial charge in [0.25, 0.3) is 0 Å². The van der Waals surface area contributed by atoms with E-state index in [1.54, 1.807) is 0 Å². The summed E-state index contributed by atoms with van der Waals surface area (Å²) in [5.41, 5.74) is 0.207. The van der Waals surface area contributed by atoms with Crippen LogP contribution in [0.25, 0.3) is 0 Å². The van der Waals surface area contributed by atoms with Crippen LogP contribution in [0.15, 0.2) is 0 Å². The zero-order valence-electron chi connectivity index (χ0n) is 5.44. The van der Waals surface area contributed by atoms with Crippen molar-refractivity contribution in [2.45, 2.75) is 19.8 Å². The minimum absolute atomic E-state index is 0.207. The zero-order valence-corrected chi connectivity index (χ0v) is 5.44. The topological polar surface area (TPSA) is 9.23 Å². The molecule has 1 saturated heterocycles. The fraction of sp³-hybridized carbons (Fsp3) is 0.857. The van der Waals surface area contributed by atoms with Crippen LogP contribution in [0, 0.1) is 12.3 Å². The Balaban J connectivity index is 2.33. The molecule has 1 unspecified atom stereocenters. The highest BCUT2D eigenvalue weighted by molar-refractivity contribution is 4.78. The van der Waals surface area contributed by atoms with Gasteiger partial charge in [-0.25, -0.2) is 0 Å². The van der Waals surface area contributed by atoms with Crippen LogP contribution in [-0.2, 0) is 4.74 Å². The molecule has 0 spiro atoms. The van der Waals surface area contributed by atoms with E-state index >= 15 is 0 Å². The summed E-state index contributed by atoms with van der Waals surface area (Å²) < 4.78 is 5.22. The lowest BCUT2D eigenvalue weighted by Crippen LogP contribution is -2.25. The van der Waals surface area contributed by atoms with Crippen LogP contribution in [0.4, 0.5) is 0 Å². The minimum Gasteiger partial charge on any atom is -0.381 e. The van der Waals surface area contributed by atoms with Crippen molar-refractivity contribution in [1.29, 1.82) is 0 Å². The molecule has 0 aromatic carbocycles. The summed E-state index contributed by atoms with van der Waals surface area (Å²) >= 11 is 0. The predicted octanol–water partition coefficient (Wildman–Crippen LogP) is 1.64. The van der Waals surface area contributed by atoms with Gasteiger partial charge in [-0.3, -0.25) is 0 Å². The highest BCUT2D eigenvalue weighted by Crippen LogP contribution is 2.25. The molecule has 1 heteroatoms. The highest BCUT2D eigenvalue weighted by Gasteiger charge is 2.20. The molecule has 1 aliphatic heterocycles. The van der Waals surface area contributed by atoms with E-state index in [9.17, 15) is 0 Å². The van der Waals surface area contributed by atoms with Crippen LogP contribution in [-0.4, -0.2) is 13.2 Å². The van der Waals surface area contributed by atoms with Crippen LogP contribution in [0.5, 0.6) is 0 Å². The third kappa shape index (κ3) is 1.48. The van der Waals surface area contributed by atoms with E-state index in [0.29, 0.717) is 0 Å². The van der Waals surface area contributed by atoms with Gasteiger partial charge in [0, 0.05) is 6.61 Å². The minimum atomic E-state index is 0.207. The van der Waals surface area contributed by atoms with Gasteiger partial charge < -0.3 is 4.74 Å². The van der Waals surface area contributed by atoms with Gasteiger partial charge in [-0.05, 0) is 25.2 Å². The number of hydrogen-bond acceptors (Lipinski definition) is 1. The summed E-state index contributed by atoms with van der Waals surface area (Å²) in [4.78, 5) is 0. The third-order valence-corrected chi connectivity index (χ3v) is 1.52. The number of hydrogen-bond donors (Lipinski definition) is 0. The molecule has 0 bridgehead atoms. The van der Waals surface area contributed by atoms with Crippen LogP contribution >= 0.6 is 0 Å². The lowest BCUT2D eigenvalue weighted by atomic mass is 9.87. The predicted molar refractivity (Wildman–Crippen MR) is 33.5 cm³/mol. The Morgan fingerprint density at radius 2 is 2.38 bits per heavy atom. The Bertz CT molecular complexity index is 68.5. The molecule has 1 nitrogen and oxygen atoms in total. The van der Waals surface area contributed by atoms with Crippen molar-refractivity contribution < 1.29 is 4.74 Å². The van der Waals surface area contributed by atoms with Crippen molar-refractivity contribution in [2.75, 3.05) is 13.2 Å². The third-order valence-electron chi connectivity index (χ3n) is 1.52. The normalized spacial score (nSPS) is 27.8. The first kappa shape index (κ1) is 6.09. The Morgan fingerprint density at radius 1 is 1.62 bits per heavy atom. The molecule has 0 amide bonds. The van der Waals surface area contributed by atoms with E-state index in [4.69, 9.17) is 4.74 Å². The van der Waals surface area contributed by atoms with E-state index in [-0.39, 0.29) is 5.41 Å². The Labute approximate surface area is 51.0 Å². The monoisotopic (exact) mass is 113 g/mol. The van der Waals surface area contributed by atoms with Crippen molar-refractivity contribution in [3.05, 3.63) is 6.92 Å². The van der Waals surface area contributed by atoms with Crippen LogP contribution in [0.3, 0.4) is 0 Å². The average Bonchev–Trinajstić information content (AvgIpc) is 1.65. The quantitative estimate of drug-likeness (QED) is 0.464. The second-order valence-electron chi connectivity index (χ2n) is 2.97. The maximum absolute atomic E-state index is 5.22. The molecule has 0 aliphatic carbocycles. The van der Waals surface area contributed by atoms with Crippen molar-refractivity contribution in [2.24, 2.45) is 5.41 Å². The second kappa shape index (κ2) is 2.06. The maximum atomic E-state index is 5.22. The summed E-state index contributed by atoms with van der Waals surface area (Å²) in [6, 6.07) is 0. The smallest absolute Gasteiger partial charge is 0.0519 e. The number of rotatable bonds is 0. The molecule has 1 heterocycles. The van der Waals surface area contributed by atoms with Crippen molar-refractivity contribution >= 4 is 0 Å². The van der Waals surface area contributed by atoms with E-state index < -0.39 is 0 Å². The molecule has 8 heavy (non-hydrogen) atoms. The molecular formula is C7H13O. The second-order valence-corrected chi connectivity index (χ2v) is 2.97. The van der Waals surface area contributed by atoms with Gasteiger partial charge in [0.2, 0.25) is 0 Å². The van der Waals surface area contributed by atoms with Gasteiger partial charge in [-0.15, -0.1) is 0 Å². The lowest BCUT2D eigenvalue weighted by molar-refractivity contribution is 0.0260. The molecular weight excluding hydrogens is 100 g/mol. The van der Waals surface area contributed by atoms with Crippen molar-refractivity contribution in [3.8, 4) is 0 Å². The molecule has 1 fully saturated rings. The molecule has 47 valence electrons. The number of ether oxygens (including phenoxy) is 1. The SMILES string of the molecule is [CH2]C1(C)CCCOC1.